The second-order valence-corrected chi connectivity index (χ2v) is 7.88. The predicted molar refractivity (Wildman–Crippen MR) is 135 cm³/mol. The highest BCUT2D eigenvalue weighted by Gasteiger charge is 2.11. The van der Waals surface area contributed by atoms with Gasteiger partial charge in [-0.15, -0.1) is 0 Å². The highest BCUT2D eigenvalue weighted by molar-refractivity contribution is 6.03. The number of hydrogen-bond donors (Lipinski definition) is 3. The maximum absolute atomic E-state index is 12.5. The molecule has 1 aromatic heterocycles. The SMILES string of the molecule is O=C(N/N=C\c1c(O)ccc2ccccc12)c1cc(-c2ccc(OCc3ccccc3)cc2)n[nH]1. The van der Waals surface area contributed by atoms with E-state index in [2.05, 4.69) is 20.7 Å². The monoisotopic (exact) mass is 462 g/mol. The van der Waals surface area contributed by atoms with Crippen LogP contribution in [0.2, 0.25) is 0 Å². The van der Waals surface area contributed by atoms with Crippen molar-refractivity contribution < 1.29 is 14.6 Å². The molecule has 0 bridgehead atoms. The van der Waals surface area contributed by atoms with Crippen molar-refractivity contribution in [3.63, 3.8) is 0 Å². The number of hydrogen-bond acceptors (Lipinski definition) is 5. The molecule has 0 aliphatic heterocycles. The summed E-state index contributed by atoms with van der Waals surface area (Å²) in [5.41, 5.74) is 5.84. The maximum Gasteiger partial charge on any atom is 0.289 e. The van der Waals surface area contributed by atoms with Gasteiger partial charge >= 0.3 is 0 Å². The first kappa shape index (κ1) is 21.9. The van der Waals surface area contributed by atoms with E-state index in [4.69, 9.17) is 4.74 Å². The summed E-state index contributed by atoms with van der Waals surface area (Å²) in [7, 11) is 0. The number of benzene rings is 4. The zero-order valence-corrected chi connectivity index (χ0v) is 18.7. The largest absolute Gasteiger partial charge is 0.507 e. The van der Waals surface area contributed by atoms with Crippen LogP contribution < -0.4 is 10.2 Å². The van der Waals surface area contributed by atoms with Gasteiger partial charge in [0.25, 0.3) is 5.91 Å². The molecule has 0 aliphatic carbocycles. The first-order valence-electron chi connectivity index (χ1n) is 11.0. The summed E-state index contributed by atoms with van der Waals surface area (Å²) in [6.07, 6.45) is 1.43. The van der Waals surface area contributed by atoms with E-state index in [1.807, 2.05) is 84.9 Å². The number of rotatable bonds is 7. The average Bonchev–Trinajstić information content (AvgIpc) is 3.40. The van der Waals surface area contributed by atoms with E-state index in [0.29, 0.717) is 17.9 Å². The molecule has 1 amide bonds. The van der Waals surface area contributed by atoms with E-state index in [9.17, 15) is 9.90 Å². The van der Waals surface area contributed by atoms with Crippen LogP contribution in [0.15, 0.2) is 102 Å². The zero-order valence-electron chi connectivity index (χ0n) is 18.7. The number of H-pyrrole nitrogens is 1. The van der Waals surface area contributed by atoms with Crippen molar-refractivity contribution in [3.05, 3.63) is 114 Å². The van der Waals surface area contributed by atoms with E-state index in [1.54, 1.807) is 12.1 Å². The van der Waals surface area contributed by atoms with Crippen molar-refractivity contribution in [2.45, 2.75) is 6.61 Å². The number of fused-ring (bicyclic) bond motifs is 1. The highest BCUT2D eigenvalue weighted by atomic mass is 16.5. The van der Waals surface area contributed by atoms with Crippen molar-refractivity contribution in [2.75, 3.05) is 0 Å². The predicted octanol–water partition coefficient (Wildman–Crippen LogP) is 5.28. The van der Waals surface area contributed by atoms with Crippen molar-refractivity contribution in [3.8, 4) is 22.8 Å². The van der Waals surface area contributed by atoms with Gasteiger partial charge in [0.2, 0.25) is 0 Å². The molecule has 7 heteroatoms. The number of hydrazone groups is 1. The molecule has 1 heterocycles. The summed E-state index contributed by atoms with van der Waals surface area (Å²) in [6.45, 7) is 0.490. The molecule has 0 aliphatic rings. The van der Waals surface area contributed by atoms with Crippen LogP contribution in [0, 0.1) is 0 Å². The molecule has 0 unspecified atom stereocenters. The summed E-state index contributed by atoms with van der Waals surface area (Å²) < 4.78 is 5.82. The van der Waals surface area contributed by atoms with Gasteiger partial charge in [-0.05, 0) is 52.7 Å². The summed E-state index contributed by atoms with van der Waals surface area (Å²) in [6, 6.07) is 30.2. The highest BCUT2D eigenvalue weighted by Crippen LogP contribution is 2.25. The minimum Gasteiger partial charge on any atom is -0.507 e. The van der Waals surface area contributed by atoms with Crippen LogP contribution >= 0.6 is 0 Å². The van der Waals surface area contributed by atoms with Crippen LogP contribution in [-0.2, 0) is 6.61 Å². The van der Waals surface area contributed by atoms with Gasteiger partial charge < -0.3 is 9.84 Å². The number of aromatic nitrogens is 2. The lowest BCUT2D eigenvalue weighted by atomic mass is 10.0. The minimum absolute atomic E-state index is 0.0849. The van der Waals surface area contributed by atoms with Crippen LogP contribution in [0.5, 0.6) is 11.5 Å². The normalized spacial score (nSPS) is 11.1. The third-order valence-electron chi connectivity index (χ3n) is 5.53. The quantitative estimate of drug-likeness (QED) is 0.226. The number of nitrogens with zero attached hydrogens (tertiary/aromatic N) is 2. The molecule has 7 nitrogen and oxygen atoms in total. The van der Waals surface area contributed by atoms with E-state index in [0.717, 1.165) is 27.6 Å². The van der Waals surface area contributed by atoms with Gasteiger partial charge in [-0.2, -0.15) is 10.2 Å². The average molecular weight is 463 g/mol. The Morgan fingerprint density at radius 2 is 1.74 bits per heavy atom. The number of nitrogens with one attached hydrogen (secondary N) is 2. The van der Waals surface area contributed by atoms with Gasteiger partial charge in [-0.1, -0.05) is 60.7 Å². The standard InChI is InChI=1S/C28H22N4O3/c33-27-15-12-20-8-4-5-9-23(20)24(27)17-29-32-28(34)26-16-25(30-31-26)21-10-13-22(14-11-21)35-18-19-6-2-1-3-7-19/h1-17,33H,18H2,(H,30,31)(H,32,34)/b29-17-. The molecule has 5 aromatic rings. The van der Waals surface area contributed by atoms with Crippen LogP contribution in [0.25, 0.3) is 22.0 Å². The number of aromatic amines is 1. The van der Waals surface area contributed by atoms with Crippen LogP contribution in [0.3, 0.4) is 0 Å². The Kier molecular flexibility index (Phi) is 6.21. The summed E-state index contributed by atoms with van der Waals surface area (Å²) in [5.74, 6) is 0.390. The number of ether oxygens (including phenoxy) is 1. The topological polar surface area (TPSA) is 99.6 Å². The molecule has 0 fully saturated rings. The fourth-order valence-corrected chi connectivity index (χ4v) is 3.68. The van der Waals surface area contributed by atoms with Gasteiger partial charge in [0.1, 0.15) is 23.8 Å². The van der Waals surface area contributed by atoms with Crippen LogP contribution in [0.4, 0.5) is 0 Å². The molecule has 0 radical (unpaired) electrons. The molecular weight excluding hydrogens is 440 g/mol. The van der Waals surface area contributed by atoms with E-state index in [1.165, 1.54) is 6.21 Å². The third kappa shape index (κ3) is 5.04. The van der Waals surface area contributed by atoms with Gasteiger partial charge in [0.15, 0.2) is 0 Å². The number of carbonyl (C=O) groups is 1. The molecule has 3 N–H and O–H groups in total. The molecule has 35 heavy (non-hydrogen) atoms. The Bertz CT molecular complexity index is 1490. The van der Waals surface area contributed by atoms with Crippen molar-refractivity contribution in [2.24, 2.45) is 5.10 Å². The van der Waals surface area contributed by atoms with Gasteiger partial charge in [-0.25, -0.2) is 5.43 Å². The minimum atomic E-state index is -0.442. The summed E-state index contributed by atoms with van der Waals surface area (Å²) in [4.78, 5) is 12.5. The number of phenols is 1. The first-order chi connectivity index (χ1) is 17.2. The fourth-order valence-electron chi connectivity index (χ4n) is 3.68. The smallest absolute Gasteiger partial charge is 0.289 e. The third-order valence-corrected chi connectivity index (χ3v) is 5.53. The van der Waals surface area contributed by atoms with Crippen molar-refractivity contribution in [1.29, 1.82) is 0 Å². The molecule has 4 aromatic carbocycles. The summed E-state index contributed by atoms with van der Waals surface area (Å²) in [5, 5.41) is 23.0. The lowest BCUT2D eigenvalue weighted by Crippen LogP contribution is -2.18. The number of carbonyl (C=O) groups excluding carboxylic acids is 1. The Balaban J connectivity index is 1.22. The van der Waals surface area contributed by atoms with Crippen LogP contribution in [0.1, 0.15) is 21.6 Å². The van der Waals surface area contributed by atoms with E-state index >= 15 is 0 Å². The Morgan fingerprint density at radius 1 is 0.971 bits per heavy atom. The maximum atomic E-state index is 12.5. The van der Waals surface area contributed by atoms with Crippen molar-refractivity contribution in [1.82, 2.24) is 15.6 Å². The molecule has 0 spiro atoms. The van der Waals surface area contributed by atoms with E-state index < -0.39 is 5.91 Å². The van der Waals surface area contributed by atoms with Gasteiger partial charge in [0.05, 0.1) is 11.9 Å². The number of phenolic OH excluding ortho intramolecular Hbond substituents is 1. The van der Waals surface area contributed by atoms with Gasteiger partial charge in [-0.3, -0.25) is 9.89 Å². The molecule has 0 atom stereocenters. The molecule has 5 rings (SSSR count). The second kappa shape index (κ2) is 9.93. The second-order valence-electron chi connectivity index (χ2n) is 7.88. The zero-order chi connectivity index (χ0) is 24.0. The number of amides is 1. The van der Waals surface area contributed by atoms with E-state index in [-0.39, 0.29) is 11.4 Å². The molecule has 172 valence electrons. The lowest BCUT2D eigenvalue weighted by Gasteiger charge is -2.06. The Morgan fingerprint density at radius 3 is 2.57 bits per heavy atom. The first-order valence-corrected chi connectivity index (χ1v) is 11.0. The van der Waals surface area contributed by atoms with Crippen LogP contribution in [-0.4, -0.2) is 27.4 Å². The number of aromatic hydroxyl groups is 1. The van der Waals surface area contributed by atoms with Gasteiger partial charge in [0, 0.05) is 11.1 Å². The molecule has 0 saturated carbocycles. The fraction of sp³-hybridized carbons (Fsp3) is 0.0357. The Labute approximate surface area is 201 Å². The Hall–Kier alpha value is -4.91. The molecule has 0 saturated heterocycles. The van der Waals surface area contributed by atoms with Crippen molar-refractivity contribution >= 4 is 22.9 Å². The molecular formula is C28H22N4O3. The summed E-state index contributed by atoms with van der Waals surface area (Å²) >= 11 is 0. The lowest BCUT2D eigenvalue weighted by molar-refractivity contribution is 0.0950.